The summed E-state index contributed by atoms with van der Waals surface area (Å²) in [5, 5.41) is 7.45. The topological polar surface area (TPSA) is 125 Å². The maximum Gasteiger partial charge on any atom is 0.341 e. The number of benzene rings is 2. The summed E-state index contributed by atoms with van der Waals surface area (Å²) in [4.78, 5) is 39.6. The van der Waals surface area contributed by atoms with Gasteiger partial charge >= 0.3 is 5.97 Å². The number of esters is 1. The standard InChI is InChI=1S/C33H39N3O7S/c1-7-41-33(39)29-25-14-8-20(4)16-28(25)44-32(29)35-31(38)23-10-12-24(13-11-23)43-21(5)30(37)36-34-18-22-9-15-26(42-19(2)3)27(17-22)40-6/h9-13,15,17-21H,7-8,14,16H2,1-6H3,(H,35,38)(H,36,37)/b34-18-/t20-,21+/m0/s1. The third-order valence-electron chi connectivity index (χ3n) is 6.96. The van der Waals surface area contributed by atoms with Gasteiger partial charge in [-0.05, 0) is 106 Å². The third kappa shape index (κ3) is 8.16. The molecule has 4 rings (SSSR count). The number of thiophene rings is 1. The molecule has 1 aliphatic rings. The Bertz CT molecular complexity index is 1510. The molecule has 0 fully saturated rings. The number of hydrogen-bond donors (Lipinski definition) is 2. The first kappa shape index (κ1) is 32.5. The molecule has 3 aromatic rings. The van der Waals surface area contributed by atoms with Gasteiger partial charge in [-0.25, -0.2) is 10.2 Å². The molecular formula is C33H39N3O7S. The highest BCUT2D eigenvalue weighted by Gasteiger charge is 2.29. The van der Waals surface area contributed by atoms with Crippen LogP contribution in [0.1, 0.15) is 77.8 Å². The van der Waals surface area contributed by atoms with Gasteiger partial charge in [0.15, 0.2) is 17.6 Å². The average molecular weight is 622 g/mol. The molecule has 2 aromatic carbocycles. The minimum absolute atomic E-state index is 0.00379. The Kier molecular flexibility index (Phi) is 11.0. The minimum atomic E-state index is -0.852. The number of fused-ring (bicyclic) bond motifs is 1. The lowest BCUT2D eigenvalue weighted by molar-refractivity contribution is -0.127. The highest BCUT2D eigenvalue weighted by Crippen LogP contribution is 2.40. The van der Waals surface area contributed by atoms with Crippen LogP contribution in [0.25, 0.3) is 0 Å². The summed E-state index contributed by atoms with van der Waals surface area (Å²) in [6, 6.07) is 11.8. The monoisotopic (exact) mass is 621 g/mol. The molecule has 0 aliphatic heterocycles. The number of carbonyl (C=O) groups is 3. The first-order valence-corrected chi connectivity index (χ1v) is 15.5. The molecule has 2 N–H and O–H groups in total. The van der Waals surface area contributed by atoms with E-state index < -0.39 is 18.0 Å². The highest BCUT2D eigenvalue weighted by atomic mass is 32.1. The second kappa shape index (κ2) is 14.9. The number of nitrogens with one attached hydrogen (secondary N) is 2. The molecule has 1 heterocycles. The zero-order valence-electron chi connectivity index (χ0n) is 25.9. The smallest absolute Gasteiger partial charge is 0.341 e. The van der Waals surface area contributed by atoms with Crippen LogP contribution in [0.4, 0.5) is 5.00 Å². The predicted molar refractivity (Wildman–Crippen MR) is 170 cm³/mol. The van der Waals surface area contributed by atoms with Crippen molar-refractivity contribution in [3.63, 3.8) is 0 Å². The largest absolute Gasteiger partial charge is 0.493 e. The number of hydrogen-bond acceptors (Lipinski definition) is 9. The SMILES string of the molecule is CCOC(=O)c1c(NC(=O)c2ccc(O[C@H](C)C(=O)N/N=C\c3ccc(OC(C)C)c(OC)c3)cc2)sc2c1CC[C@H](C)C2. The third-order valence-corrected chi connectivity index (χ3v) is 8.13. The molecule has 0 radical (unpaired) electrons. The summed E-state index contributed by atoms with van der Waals surface area (Å²) in [6.45, 7) is 9.67. The Balaban J connectivity index is 1.35. The molecule has 10 nitrogen and oxygen atoms in total. The molecule has 1 aromatic heterocycles. The number of amides is 2. The van der Waals surface area contributed by atoms with E-state index in [0.29, 0.717) is 44.9 Å². The lowest BCUT2D eigenvalue weighted by atomic mass is 9.88. The maximum atomic E-state index is 13.1. The summed E-state index contributed by atoms with van der Waals surface area (Å²) < 4.78 is 22.1. The number of ether oxygens (including phenoxy) is 4. The van der Waals surface area contributed by atoms with Crippen molar-refractivity contribution >= 4 is 40.3 Å². The Labute approximate surface area is 261 Å². The molecule has 0 bridgehead atoms. The Morgan fingerprint density at radius 1 is 1.07 bits per heavy atom. The lowest BCUT2D eigenvalue weighted by Crippen LogP contribution is -2.33. The number of nitrogens with zero attached hydrogens (tertiary/aromatic N) is 1. The molecule has 0 spiro atoms. The molecule has 11 heteroatoms. The summed E-state index contributed by atoms with van der Waals surface area (Å²) in [6.07, 6.45) is 3.30. The summed E-state index contributed by atoms with van der Waals surface area (Å²) in [5.41, 5.74) is 5.02. The van der Waals surface area contributed by atoms with E-state index in [9.17, 15) is 14.4 Å². The van der Waals surface area contributed by atoms with Crippen LogP contribution in [0.5, 0.6) is 17.2 Å². The van der Waals surface area contributed by atoms with E-state index in [1.165, 1.54) is 17.6 Å². The summed E-state index contributed by atoms with van der Waals surface area (Å²) in [7, 11) is 1.56. The molecule has 0 unspecified atom stereocenters. The molecule has 0 saturated heterocycles. The maximum absolute atomic E-state index is 13.1. The first-order chi connectivity index (χ1) is 21.1. The minimum Gasteiger partial charge on any atom is -0.493 e. The van der Waals surface area contributed by atoms with Gasteiger partial charge in [-0.15, -0.1) is 11.3 Å². The number of anilines is 1. The molecular weight excluding hydrogens is 582 g/mol. The van der Waals surface area contributed by atoms with Gasteiger partial charge in [-0.2, -0.15) is 5.10 Å². The lowest BCUT2D eigenvalue weighted by Gasteiger charge is -2.18. The van der Waals surface area contributed by atoms with Gasteiger partial charge in [0, 0.05) is 10.4 Å². The van der Waals surface area contributed by atoms with E-state index in [0.717, 1.165) is 29.7 Å². The summed E-state index contributed by atoms with van der Waals surface area (Å²) in [5.74, 6) is 0.902. The van der Waals surface area contributed by atoms with Crippen molar-refractivity contribution < 1.29 is 33.3 Å². The number of hydrazone groups is 1. The molecule has 2 atom stereocenters. The fourth-order valence-electron chi connectivity index (χ4n) is 4.75. The fourth-order valence-corrected chi connectivity index (χ4v) is 6.15. The Morgan fingerprint density at radius 3 is 2.50 bits per heavy atom. The molecule has 44 heavy (non-hydrogen) atoms. The van der Waals surface area contributed by atoms with E-state index in [4.69, 9.17) is 18.9 Å². The van der Waals surface area contributed by atoms with Crippen molar-refractivity contribution in [2.45, 2.75) is 66.1 Å². The van der Waals surface area contributed by atoms with Gasteiger partial charge in [0.25, 0.3) is 11.8 Å². The molecule has 234 valence electrons. The van der Waals surface area contributed by atoms with Gasteiger partial charge in [-0.1, -0.05) is 6.92 Å². The van der Waals surface area contributed by atoms with Gasteiger partial charge in [0.05, 0.1) is 31.6 Å². The van der Waals surface area contributed by atoms with Crippen LogP contribution in [0.15, 0.2) is 47.6 Å². The zero-order chi connectivity index (χ0) is 31.8. The number of rotatable bonds is 12. The van der Waals surface area contributed by atoms with Crippen molar-refractivity contribution in [2.75, 3.05) is 19.0 Å². The summed E-state index contributed by atoms with van der Waals surface area (Å²) >= 11 is 1.44. The van der Waals surface area contributed by atoms with Gasteiger partial charge in [0.1, 0.15) is 10.8 Å². The van der Waals surface area contributed by atoms with Crippen LogP contribution in [0, 0.1) is 5.92 Å². The van der Waals surface area contributed by atoms with Crippen LogP contribution in [-0.2, 0) is 22.4 Å². The van der Waals surface area contributed by atoms with Crippen molar-refractivity contribution in [2.24, 2.45) is 11.0 Å². The van der Waals surface area contributed by atoms with Crippen LogP contribution in [0.2, 0.25) is 0 Å². The van der Waals surface area contributed by atoms with Crippen molar-refractivity contribution in [1.82, 2.24) is 5.43 Å². The Hall–Kier alpha value is -4.38. The van der Waals surface area contributed by atoms with Crippen LogP contribution in [-0.4, -0.2) is 49.9 Å². The van der Waals surface area contributed by atoms with Crippen LogP contribution < -0.4 is 25.0 Å². The van der Waals surface area contributed by atoms with Gasteiger partial charge in [-0.3, -0.25) is 9.59 Å². The van der Waals surface area contributed by atoms with Crippen molar-refractivity contribution in [3.05, 3.63) is 69.6 Å². The second-order valence-electron chi connectivity index (χ2n) is 10.8. The van der Waals surface area contributed by atoms with Crippen LogP contribution in [0.3, 0.4) is 0 Å². The number of methoxy groups -OCH3 is 1. The molecule has 1 aliphatic carbocycles. The van der Waals surface area contributed by atoms with E-state index in [1.807, 2.05) is 13.8 Å². The Morgan fingerprint density at radius 2 is 1.82 bits per heavy atom. The van der Waals surface area contributed by atoms with E-state index >= 15 is 0 Å². The molecule has 0 saturated carbocycles. The normalized spacial score (nSPS) is 14.9. The molecule has 2 amide bonds. The van der Waals surface area contributed by atoms with Crippen molar-refractivity contribution in [3.8, 4) is 17.2 Å². The predicted octanol–water partition coefficient (Wildman–Crippen LogP) is 6.02. The van der Waals surface area contributed by atoms with E-state index in [1.54, 1.807) is 63.4 Å². The van der Waals surface area contributed by atoms with Gasteiger partial charge in [0.2, 0.25) is 0 Å². The highest BCUT2D eigenvalue weighted by molar-refractivity contribution is 7.17. The van der Waals surface area contributed by atoms with Gasteiger partial charge < -0.3 is 24.3 Å². The average Bonchev–Trinajstić information content (AvgIpc) is 3.34. The first-order valence-electron chi connectivity index (χ1n) is 14.7. The number of carbonyl (C=O) groups excluding carboxylic acids is 3. The zero-order valence-corrected chi connectivity index (χ0v) is 26.7. The van der Waals surface area contributed by atoms with E-state index in [2.05, 4.69) is 22.8 Å². The fraction of sp³-hybridized carbons (Fsp3) is 0.394. The second-order valence-corrected chi connectivity index (χ2v) is 11.9. The quantitative estimate of drug-likeness (QED) is 0.144. The van der Waals surface area contributed by atoms with Crippen molar-refractivity contribution in [1.29, 1.82) is 0 Å². The van der Waals surface area contributed by atoms with Crippen LogP contribution >= 0.6 is 11.3 Å². The van der Waals surface area contributed by atoms with E-state index in [-0.39, 0.29) is 18.6 Å².